The van der Waals surface area contributed by atoms with Gasteiger partial charge in [0, 0.05) is 19.4 Å². The van der Waals surface area contributed by atoms with Crippen LogP contribution in [0.25, 0.3) is 11.1 Å². The fraction of sp³-hybridized carbons (Fsp3) is 0.235. The molecule has 1 aliphatic carbocycles. The van der Waals surface area contributed by atoms with Gasteiger partial charge in [0.25, 0.3) is 0 Å². The second-order valence-corrected chi connectivity index (χ2v) is 5.00. The molecule has 0 N–H and O–H groups in total. The summed E-state index contributed by atoms with van der Waals surface area (Å²) in [4.78, 5) is 17.1. The van der Waals surface area contributed by atoms with Crippen LogP contribution in [0, 0.1) is 0 Å². The Bertz CT molecular complexity index is 605. The van der Waals surface area contributed by atoms with Gasteiger partial charge in [0.1, 0.15) is 0 Å². The Morgan fingerprint density at radius 1 is 1.05 bits per heavy atom. The predicted octanol–water partition coefficient (Wildman–Crippen LogP) is 3.21. The minimum atomic E-state index is -0.0102. The molecule has 0 atom stereocenters. The highest BCUT2D eigenvalue weighted by Gasteiger charge is 2.30. The number of amides is 1. The lowest BCUT2D eigenvalue weighted by molar-refractivity contribution is -0.168. The summed E-state index contributed by atoms with van der Waals surface area (Å²) in [6.45, 7) is 0. The molecule has 0 heterocycles. The van der Waals surface area contributed by atoms with Gasteiger partial charge in [-0.2, -0.15) is 0 Å². The van der Waals surface area contributed by atoms with Gasteiger partial charge < -0.3 is 0 Å². The molecule has 3 heteroatoms. The van der Waals surface area contributed by atoms with E-state index in [1.165, 1.54) is 34.4 Å². The van der Waals surface area contributed by atoms with Gasteiger partial charge in [-0.1, -0.05) is 48.5 Å². The minimum absolute atomic E-state index is 0.0102. The zero-order valence-corrected chi connectivity index (χ0v) is 11.7. The van der Waals surface area contributed by atoms with Crippen LogP contribution < -0.4 is 0 Å². The molecule has 0 fully saturated rings. The second-order valence-electron chi connectivity index (χ2n) is 5.00. The third-order valence-electron chi connectivity index (χ3n) is 3.97. The molecule has 0 radical (unpaired) electrons. The Labute approximate surface area is 118 Å². The van der Waals surface area contributed by atoms with E-state index in [9.17, 15) is 4.79 Å². The molecular weight excluding hydrogens is 250 g/mol. The first-order valence-electron chi connectivity index (χ1n) is 6.71. The molecule has 0 aliphatic heterocycles. The van der Waals surface area contributed by atoms with Crippen molar-refractivity contribution in [2.45, 2.75) is 12.3 Å². The summed E-state index contributed by atoms with van der Waals surface area (Å²) >= 11 is 0. The zero-order valence-electron chi connectivity index (χ0n) is 11.7. The molecule has 3 nitrogen and oxygen atoms in total. The first kappa shape index (κ1) is 12.9. The van der Waals surface area contributed by atoms with E-state index in [1.54, 1.807) is 7.05 Å². The zero-order chi connectivity index (χ0) is 14.1. The lowest BCUT2D eigenvalue weighted by atomic mass is 9.93. The largest absolute Gasteiger partial charge is 0.275 e. The van der Waals surface area contributed by atoms with E-state index >= 15 is 0 Å². The topological polar surface area (TPSA) is 29.5 Å². The average Bonchev–Trinajstić information content (AvgIpc) is 2.81. The quantitative estimate of drug-likeness (QED) is 0.799. The highest BCUT2D eigenvalue weighted by atomic mass is 16.7. The number of rotatable bonds is 3. The molecule has 0 saturated carbocycles. The number of benzene rings is 2. The van der Waals surface area contributed by atoms with Crippen molar-refractivity contribution < 1.29 is 9.63 Å². The average molecular weight is 267 g/mol. The lowest BCUT2D eigenvalue weighted by Gasteiger charge is -2.18. The fourth-order valence-corrected chi connectivity index (χ4v) is 2.88. The van der Waals surface area contributed by atoms with Crippen molar-refractivity contribution in [3.63, 3.8) is 0 Å². The second kappa shape index (κ2) is 5.10. The third-order valence-corrected chi connectivity index (χ3v) is 3.97. The number of hydroxylamine groups is 2. The van der Waals surface area contributed by atoms with Crippen LogP contribution in [0.3, 0.4) is 0 Å². The van der Waals surface area contributed by atoms with Gasteiger partial charge >= 0.3 is 0 Å². The third kappa shape index (κ3) is 2.00. The lowest BCUT2D eigenvalue weighted by Crippen LogP contribution is -2.26. The van der Waals surface area contributed by atoms with Gasteiger partial charge in [0.05, 0.1) is 7.11 Å². The summed E-state index contributed by atoms with van der Waals surface area (Å²) in [5, 5.41) is 1.30. The van der Waals surface area contributed by atoms with Crippen molar-refractivity contribution >= 4 is 5.91 Å². The fourth-order valence-electron chi connectivity index (χ4n) is 2.88. The van der Waals surface area contributed by atoms with E-state index in [0.29, 0.717) is 6.42 Å². The summed E-state index contributed by atoms with van der Waals surface area (Å²) in [5.74, 6) is 0.108. The van der Waals surface area contributed by atoms with Crippen LogP contribution in [0.15, 0.2) is 48.5 Å². The molecule has 0 bridgehead atoms. The van der Waals surface area contributed by atoms with Crippen LogP contribution in [-0.4, -0.2) is 25.1 Å². The van der Waals surface area contributed by atoms with Crippen molar-refractivity contribution in [2.24, 2.45) is 0 Å². The number of nitrogens with zero attached hydrogens (tertiary/aromatic N) is 1. The van der Waals surface area contributed by atoms with E-state index in [2.05, 4.69) is 24.3 Å². The Morgan fingerprint density at radius 2 is 1.55 bits per heavy atom. The maximum Gasteiger partial charge on any atom is 0.246 e. The van der Waals surface area contributed by atoms with Crippen LogP contribution in [0.5, 0.6) is 0 Å². The SMILES string of the molecule is CON(C)C(=O)CC1c2ccccc2-c2ccccc21. The molecule has 0 aromatic heterocycles. The van der Waals surface area contributed by atoms with Crippen LogP contribution in [0.4, 0.5) is 0 Å². The van der Waals surface area contributed by atoms with E-state index < -0.39 is 0 Å². The Balaban J connectivity index is 2.01. The first-order valence-corrected chi connectivity index (χ1v) is 6.71. The van der Waals surface area contributed by atoms with E-state index in [0.717, 1.165) is 0 Å². The molecule has 1 aliphatic rings. The normalized spacial score (nSPS) is 12.9. The molecule has 0 saturated heterocycles. The standard InChI is InChI=1S/C17H17NO2/c1-18(20-2)17(19)11-16-14-9-5-3-7-12(14)13-8-4-6-10-15(13)16/h3-10,16H,11H2,1-2H3. The van der Waals surface area contributed by atoms with Gasteiger partial charge in [0.2, 0.25) is 5.91 Å². The van der Waals surface area contributed by atoms with E-state index in [1.807, 2.05) is 24.3 Å². The van der Waals surface area contributed by atoms with Crippen LogP contribution >= 0.6 is 0 Å². The number of carbonyl (C=O) groups is 1. The molecule has 102 valence electrons. The monoisotopic (exact) mass is 267 g/mol. The maximum absolute atomic E-state index is 12.2. The Kier molecular flexibility index (Phi) is 3.28. The maximum atomic E-state index is 12.2. The molecule has 2 aromatic rings. The molecule has 2 aromatic carbocycles. The number of hydrogen-bond donors (Lipinski definition) is 0. The van der Waals surface area contributed by atoms with Gasteiger partial charge in [0.15, 0.2) is 0 Å². The smallest absolute Gasteiger partial charge is 0.246 e. The number of carbonyl (C=O) groups excluding carboxylic acids is 1. The molecule has 1 amide bonds. The van der Waals surface area contributed by atoms with Crippen molar-refractivity contribution in [1.82, 2.24) is 5.06 Å². The minimum Gasteiger partial charge on any atom is -0.275 e. The Morgan fingerprint density at radius 3 is 2.05 bits per heavy atom. The van der Waals surface area contributed by atoms with Gasteiger partial charge in [-0.25, -0.2) is 5.06 Å². The molecular formula is C17H17NO2. The number of fused-ring (bicyclic) bond motifs is 3. The predicted molar refractivity (Wildman–Crippen MR) is 78.1 cm³/mol. The van der Waals surface area contributed by atoms with E-state index in [4.69, 9.17) is 4.84 Å². The van der Waals surface area contributed by atoms with Crippen molar-refractivity contribution in [2.75, 3.05) is 14.2 Å². The van der Waals surface area contributed by atoms with Gasteiger partial charge in [-0.3, -0.25) is 9.63 Å². The van der Waals surface area contributed by atoms with Crippen molar-refractivity contribution in [1.29, 1.82) is 0 Å². The van der Waals surface area contributed by atoms with Crippen LogP contribution in [0.1, 0.15) is 23.5 Å². The van der Waals surface area contributed by atoms with Crippen molar-refractivity contribution in [3.8, 4) is 11.1 Å². The summed E-state index contributed by atoms with van der Waals surface area (Å²) in [6.07, 6.45) is 0.429. The van der Waals surface area contributed by atoms with Crippen molar-refractivity contribution in [3.05, 3.63) is 59.7 Å². The van der Waals surface area contributed by atoms with E-state index in [-0.39, 0.29) is 11.8 Å². The van der Waals surface area contributed by atoms with Crippen LogP contribution in [0.2, 0.25) is 0 Å². The highest BCUT2D eigenvalue weighted by Crippen LogP contribution is 2.46. The van der Waals surface area contributed by atoms with Crippen LogP contribution in [-0.2, 0) is 9.63 Å². The summed E-state index contributed by atoms with van der Waals surface area (Å²) in [7, 11) is 3.16. The Hall–Kier alpha value is -2.13. The van der Waals surface area contributed by atoms with Gasteiger partial charge in [-0.15, -0.1) is 0 Å². The first-order chi connectivity index (χ1) is 9.72. The molecule has 0 spiro atoms. The number of hydrogen-bond acceptors (Lipinski definition) is 2. The summed E-state index contributed by atoms with van der Waals surface area (Å²) in [5.41, 5.74) is 4.93. The highest BCUT2D eigenvalue weighted by molar-refractivity contribution is 5.83. The summed E-state index contributed by atoms with van der Waals surface area (Å²) in [6, 6.07) is 16.6. The van der Waals surface area contributed by atoms with Gasteiger partial charge in [-0.05, 0) is 22.3 Å². The summed E-state index contributed by atoms with van der Waals surface area (Å²) < 4.78 is 0. The molecule has 0 unspecified atom stereocenters. The molecule has 20 heavy (non-hydrogen) atoms. The molecule has 3 rings (SSSR count).